The molecule has 0 spiro atoms. The van der Waals surface area contributed by atoms with Crippen LogP contribution in [-0.2, 0) is 4.79 Å². The van der Waals surface area contributed by atoms with Crippen LogP contribution in [0.5, 0.6) is 5.75 Å². The Morgan fingerprint density at radius 2 is 1.79 bits per heavy atom. The quantitative estimate of drug-likeness (QED) is 0.833. The number of ether oxygens (including phenoxy) is 1. The number of Topliss-reactive ketones (excluding diaryl/α,β-unsaturated/α-hetero) is 1. The van der Waals surface area contributed by atoms with Gasteiger partial charge in [0, 0.05) is 11.6 Å². The lowest BCUT2D eigenvalue weighted by molar-refractivity contribution is -0.189. The summed E-state index contributed by atoms with van der Waals surface area (Å²) in [6.45, 7) is 1.07. The van der Waals surface area contributed by atoms with Crippen LogP contribution in [0.3, 0.4) is 0 Å². The minimum atomic E-state index is -4.30. The van der Waals surface area contributed by atoms with Gasteiger partial charge in [0.25, 0.3) is 5.91 Å². The minimum Gasteiger partial charge on any atom is -0.484 e. The molecule has 0 aromatic heterocycles. The third-order valence-electron chi connectivity index (χ3n) is 4.16. The van der Waals surface area contributed by atoms with Crippen molar-refractivity contribution >= 4 is 11.7 Å². The molecule has 132 valence electrons. The van der Waals surface area contributed by atoms with Crippen molar-refractivity contribution in [3.63, 3.8) is 0 Å². The van der Waals surface area contributed by atoms with Crippen molar-refractivity contribution in [3.05, 3.63) is 29.8 Å². The molecule has 24 heavy (non-hydrogen) atoms. The van der Waals surface area contributed by atoms with Gasteiger partial charge in [-0.3, -0.25) is 9.59 Å². The van der Waals surface area contributed by atoms with Crippen molar-refractivity contribution in [1.82, 2.24) is 5.32 Å². The first-order valence-electron chi connectivity index (χ1n) is 7.87. The minimum absolute atomic E-state index is 0.0435. The molecule has 1 aliphatic carbocycles. The molecular formula is C17H20F3NO3. The van der Waals surface area contributed by atoms with Crippen molar-refractivity contribution in [2.45, 2.75) is 44.8 Å². The highest BCUT2D eigenvalue weighted by Gasteiger charge is 2.45. The smallest absolute Gasteiger partial charge is 0.393 e. The number of carbonyl (C=O) groups is 2. The predicted molar refractivity (Wildman–Crippen MR) is 81.9 cm³/mol. The van der Waals surface area contributed by atoms with Crippen LogP contribution in [0.4, 0.5) is 13.2 Å². The SMILES string of the molecule is CC(=O)c1ccc(OCC(=O)N[C@H]2CCCC[C@@H]2C(F)(F)F)cc1. The molecule has 0 radical (unpaired) electrons. The van der Waals surface area contributed by atoms with Gasteiger partial charge in [0.05, 0.1) is 5.92 Å². The largest absolute Gasteiger partial charge is 0.484 e. The van der Waals surface area contributed by atoms with Crippen molar-refractivity contribution in [3.8, 4) is 5.75 Å². The van der Waals surface area contributed by atoms with E-state index in [1.165, 1.54) is 6.92 Å². The number of halogens is 3. The predicted octanol–water partition coefficient (Wildman–Crippen LogP) is 3.51. The van der Waals surface area contributed by atoms with Crippen molar-refractivity contribution in [2.75, 3.05) is 6.61 Å². The molecule has 2 rings (SSSR count). The average Bonchev–Trinajstić information content (AvgIpc) is 2.53. The second-order valence-electron chi connectivity index (χ2n) is 5.98. The lowest BCUT2D eigenvalue weighted by Crippen LogP contribution is -2.48. The van der Waals surface area contributed by atoms with Crippen LogP contribution in [0, 0.1) is 5.92 Å². The zero-order valence-electron chi connectivity index (χ0n) is 13.4. The first kappa shape index (κ1) is 18.3. The Kier molecular flexibility index (Phi) is 5.85. The summed E-state index contributed by atoms with van der Waals surface area (Å²) in [6.07, 6.45) is -2.74. The highest BCUT2D eigenvalue weighted by Crippen LogP contribution is 2.37. The van der Waals surface area contributed by atoms with Crippen molar-refractivity contribution in [1.29, 1.82) is 0 Å². The molecule has 1 N–H and O–H groups in total. The van der Waals surface area contributed by atoms with Crippen LogP contribution in [0.25, 0.3) is 0 Å². The average molecular weight is 343 g/mol. The molecule has 0 heterocycles. The molecule has 1 aliphatic rings. The van der Waals surface area contributed by atoms with Crippen LogP contribution in [0.2, 0.25) is 0 Å². The maximum absolute atomic E-state index is 13.0. The molecule has 0 unspecified atom stereocenters. The van der Waals surface area contributed by atoms with E-state index in [0.29, 0.717) is 30.6 Å². The lowest BCUT2D eigenvalue weighted by Gasteiger charge is -2.33. The Morgan fingerprint density at radius 1 is 1.17 bits per heavy atom. The van der Waals surface area contributed by atoms with E-state index < -0.39 is 24.0 Å². The Balaban J connectivity index is 1.87. The Hall–Kier alpha value is -2.05. The van der Waals surface area contributed by atoms with Gasteiger partial charge >= 0.3 is 6.18 Å². The third kappa shape index (κ3) is 4.97. The standard InChI is InChI=1S/C17H20F3NO3/c1-11(22)12-6-8-13(9-7-12)24-10-16(23)21-15-5-3-2-4-14(15)17(18,19)20/h6-9,14-15H,2-5,10H2,1H3,(H,21,23)/t14-,15-/m0/s1. The highest BCUT2D eigenvalue weighted by atomic mass is 19.4. The number of benzene rings is 1. The van der Waals surface area contributed by atoms with E-state index in [0.717, 1.165) is 0 Å². The Morgan fingerprint density at radius 3 is 2.38 bits per heavy atom. The second kappa shape index (κ2) is 7.68. The molecular weight excluding hydrogens is 323 g/mol. The van der Waals surface area contributed by atoms with E-state index in [2.05, 4.69) is 5.32 Å². The first-order chi connectivity index (χ1) is 11.3. The van der Waals surface area contributed by atoms with E-state index in [1.54, 1.807) is 24.3 Å². The summed E-state index contributed by atoms with van der Waals surface area (Å²) in [5.74, 6) is -1.78. The van der Waals surface area contributed by atoms with E-state index in [1.807, 2.05) is 0 Å². The molecule has 0 saturated heterocycles. The van der Waals surface area contributed by atoms with Crippen LogP contribution < -0.4 is 10.1 Å². The summed E-state index contributed by atoms with van der Waals surface area (Å²) in [6, 6.07) is 5.33. The van der Waals surface area contributed by atoms with Gasteiger partial charge < -0.3 is 10.1 Å². The maximum Gasteiger partial charge on any atom is 0.393 e. The van der Waals surface area contributed by atoms with E-state index >= 15 is 0 Å². The number of carbonyl (C=O) groups excluding carboxylic acids is 2. The molecule has 4 nitrogen and oxygen atoms in total. The van der Waals surface area contributed by atoms with Gasteiger partial charge in [0.15, 0.2) is 12.4 Å². The topological polar surface area (TPSA) is 55.4 Å². The number of hydrogen-bond acceptors (Lipinski definition) is 3. The number of ketones is 1. The fraction of sp³-hybridized carbons (Fsp3) is 0.529. The maximum atomic E-state index is 13.0. The Labute approximate surface area is 138 Å². The zero-order chi connectivity index (χ0) is 17.7. The molecule has 7 heteroatoms. The number of rotatable bonds is 5. The van der Waals surface area contributed by atoms with Crippen LogP contribution >= 0.6 is 0 Å². The van der Waals surface area contributed by atoms with Gasteiger partial charge in [-0.25, -0.2) is 0 Å². The highest BCUT2D eigenvalue weighted by molar-refractivity contribution is 5.94. The number of amides is 1. The fourth-order valence-electron chi connectivity index (χ4n) is 2.88. The van der Waals surface area contributed by atoms with Gasteiger partial charge in [-0.15, -0.1) is 0 Å². The third-order valence-corrected chi connectivity index (χ3v) is 4.16. The summed E-state index contributed by atoms with van der Waals surface area (Å²) in [5.41, 5.74) is 0.516. The van der Waals surface area contributed by atoms with Gasteiger partial charge in [-0.1, -0.05) is 12.8 Å². The van der Waals surface area contributed by atoms with Crippen LogP contribution in [0.15, 0.2) is 24.3 Å². The molecule has 2 atom stereocenters. The zero-order valence-corrected chi connectivity index (χ0v) is 13.4. The number of nitrogens with one attached hydrogen (secondary N) is 1. The molecule has 0 bridgehead atoms. The summed E-state index contributed by atoms with van der Waals surface area (Å²) >= 11 is 0. The van der Waals surface area contributed by atoms with E-state index in [4.69, 9.17) is 4.74 Å². The summed E-state index contributed by atoms with van der Waals surface area (Å²) in [5, 5.41) is 2.44. The fourth-order valence-corrected chi connectivity index (χ4v) is 2.88. The van der Waals surface area contributed by atoms with Gasteiger partial charge in [0.1, 0.15) is 5.75 Å². The van der Waals surface area contributed by atoms with Gasteiger partial charge in [-0.2, -0.15) is 13.2 Å². The molecule has 1 amide bonds. The van der Waals surface area contributed by atoms with Crippen LogP contribution in [0.1, 0.15) is 43.0 Å². The molecule has 1 aromatic rings. The van der Waals surface area contributed by atoms with E-state index in [-0.39, 0.29) is 18.8 Å². The number of alkyl halides is 3. The summed E-state index contributed by atoms with van der Waals surface area (Å²) < 4.78 is 44.2. The van der Waals surface area contributed by atoms with Crippen molar-refractivity contribution in [2.24, 2.45) is 5.92 Å². The first-order valence-corrected chi connectivity index (χ1v) is 7.87. The number of hydrogen-bond donors (Lipinski definition) is 1. The Bertz CT molecular complexity index is 584. The normalized spacial score (nSPS) is 21.2. The lowest BCUT2D eigenvalue weighted by atomic mass is 9.84. The monoisotopic (exact) mass is 343 g/mol. The second-order valence-corrected chi connectivity index (χ2v) is 5.98. The summed E-state index contributed by atoms with van der Waals surface area (Å²) in [7, 11) is 0. The van der Waals surface area contributed by atoms with E-state index in [9.17, 15) is 22.8 Å². The summed E-state index contributed by atoms with van der Waals surface area (Å²) in [4.78, 5) is 23.0. The van der Waals surface area contributed by atoms with Crippen molar-refractivity contribution < 1.29 is 27.5 Å². The van der Waals surface area contributed by atoms with Gasteiger partial charge in [-0.05, 0) is 44.0 Å². The molecule has 1 aromatic carbocycles. The van der Waals surface area contributed by atoms with Crippen LogP contribution in [-0.4, -0.2) is 30.5 Å². The molecule has 1 saturated carbocycles. The molecule has 1 fully saturated rings. The molecule has 0 aliphatic heterocycles. The van der Waals surface area contributed by atoms with Gasteiger partial charge in [0.2, 0.25) is 0 Å².